The number of aromatic nitrogens is 2. The molecule has 6 heteroatoms. The van der Waals surface area contributed by atoms with E-state index in [0.717, 1.165) is 5.56 Å². The van der Waals surface area contributed by atoms with Crippen molar-refractivity contribution in [3.63, 3.8) is 0 Å². The first-order chi connectivity index (χ1) is 8.49. The van der Waals surface area contributed by atoms with Crippen molar-refractivity contribution in [3.05, 3.63) is 34.4 Å². The molecule has 0 aliphatic carbocycles. The summed E-state index contributed by atoms with van der Waals surface area (Å²) < 4.78 is 0. The van der Waals surface area contributed by atoms with Crippen molar-refractivity contribution in [1.29, 1.82) is 0 Å². The van der Waals surface area contributed by atoms with Crippen molar-refractivity contribution in [2.75, 3.05) is 24.7 Å². The fraction of sp³-hybridized carbons (Fsp3) is 0.167. The number of hydrogen-bond donors (Lipinski definition) is 1. The van der Waals surface area contributed by atoms with Gasteiger partial charge >= 0.3 is 0 Å². The van der Waals surface area contributed by atoms with Gasteiger partial charge in [0, 0.05) is 36.4 Å². The van der Waals surface area contributed by atoms with Crippen molar-refractivity contribution in [2.24, 2.45) is 0 Å². The molecule has 2 rings (SSSR count). The van der Waals surface area contributed by atoms with E-state index in [1.165, 1.54) is 0 Å². The zero-order valence-corrected chi connectivity index (χ0v) is 11.5. The highest BCUT2D eigenvalue weighted by Crippen LogP contribution is 2.32. The second kappa shape index (κ2) is 5.00. The van der Waals surface area contributed by atoms with Gasteiger partial charge in [0.2, 0.25) is 5.95 Å². The summed E-state index contributed by atoms with van der Waals surface area (Å²) in [4.78, 5) is 10.2. The molecule has 94 valence electrons. The second-order valence-electron chi connectivity index (χ2n) is 3.99. The van der Waals surface area contributed by atoms with E-state index in [1.54, 1.807) is 29.3 Å². The third kappa shape index (κ3) is 2.49. The van der Waals surface area contributed by atoms with Gasteiger partial charge in [-0.15, -0.1) is 0 Å². The minimum atomic E-state index is 0.387. The normalized spacial score (nSPS) is 10.4. The summed E-state index contributed by atoms with van der Waals surface area (Å²) in [6, 6.07) is 5.22. The molecule has 4 nitrogen and oxygen atoms in total. The molecule has 0 aliphatic rings. The molecule has 1 heterocycles. The zero-order chi connectivity index (χ0) is 13.3. The number of hydrogen-bond acceptors (Lipinski definition) is 4. The van der Waals surface area contributed by atoms with Crippen LogP contribution in [0, 0.1) is 0 Å². The molecule has 0 atom stereocenters. The first-order valence-corrected chi connectivity index (χ1v) is 6.00. The molecule has 0 unspecified atom stereocenters. The Balaban J connectivity index is 2.51. The SMILES string of the molecule is CN(C)c1ncc(-c2ccc(Cl)cc2Cl)c(N)n1. The molecule has 18 heavy (non-hydrogen) atoms. The molecule has 2 N–H and O–H groups in total. The highest BCUT2D eigenvalue weighted by atomic mass is 35.5. The predicted octanol–water partition coefficient (Wildman–Crippen LogP) is 3.10. The molecule has 2 aromatic rings. The lowest BCUT2D eigenvalue weighted by atomic mass is 10.1. The van der Waals surface area contributed by atoms with E-state index in [9.17, 15) is 0 Å². The maximum Gasteiger partial charge on any atom is 0.226 e. The summed E-state index contributed by atoms with van der Waals surface area (Å²) in [5.41, 5.74) is 7.39. The summed E-state index contributed by atoms with van der Waals surface area (Å²) in [6.45, 7) is 0. The van der Waals surface area contributed by atoms with Gasteiger partial charge in [0.25, 0.3) is 0 Å². The number of rotatable bonds is 2. The molecule has 0 fully saturated rings. The van der Waals surface area contributed by atoms with Crippen LogP contribution in [0.25, 0.3) is 11.1 Å². The molecule has 0 aliphatic heterocycles. The Hall–Kier alpha value is -1.52. The summed E-state index contributed by atoms with van der Waals surface area (Å²) >= 11 is 12.0. The maximum atomic E-state index is 6.13. The summed E-state index contributed by atoms with van der Waals surface area (Å²) in [7, 11) is 3.70. The Morgan fingerprint density at radius 3 is 2.44 bits per heavy atom. The Labute approximate surface area is 115 Å². The standard InChI is InChI=1S/C12H12Cl2N4/c1-18(2)12-16-6-9(11(15)17-12)8-4-3-7(13)5-10(8)14/h3-6H,1-2H3,(H2,15,16,17). The fourth-order valence-corrected chi connectivity index (χ4v) is 2.03. The van der Waals surface area contributed by atoms with Crippen LogP contribution < -0.4 is 10.6 Å². The highest BCUT2D eigenvalue weighted by molar-refractivity contribution is 6.36. The van der Waals surface area contributed by atoms with Gasteiger partial charge in [-0.1, -0.05) is 29.3 Å². The third-order valence-corrected chi connectivity index (χ3v) is 2.97. The summed E-state index contributed by atoms with van der Waals surface area (Å²) in [5, 5.41) is 1.10. The van der Waals surface area contributed by atoms with Crippen LogP contribution in [0.1, 0.15) is 0 Å². The van der Waals surface area contributed by atoms with Gasteiger partial charge in [0.15, 0.2) is 0 Å². The largest absolute Gasteiger partial charge is 0.383 e. The number of anilines is 2. The first kappa shape index (κ1) is 12.9. The van der Waals surface area contributed by atoms with E-state index in [4.69, 9.17) is 28.9 Å². The van der Waals surface area contributed by atoms with Crippen LogP contribution in [-0.4, -0.2) is 24.1 Å². The van der Waals surface area contributed by atoms with Crippen molar-refractivity contribution in [1.82, 2.24) is 9.97 Å². The van der Waals surface area contributed by atoms with Gasteiger partial charge in [-0.25, -0.2) is 4.98 Å². The minimum Gasteiger partial charge on any atom is -0.383 e. The Kier molecular flexibility index (Phi) is 3.59. The first-order valence-electron chi connectivity index (χ1n) is 5.24. The van der Waals surface area contributed by atoms with E-state index in [1.807, 2.05) is 14.1 Å². The molecule has 0 saturated heterocycles. The van der Waals surface area contributed by atoms with Crippen molar-refractivity contribution in [2.45, 2.75) is 0 Å². The van der Waals surface area contributed by atoms with Gasteiger partial charge in [-0.05, 0) is 12.1 Å². The molecule has 0 radical (unpaired) electrons. The van der Waals surface area contributed by atoms with Gasteiger partial charge in [-0.2, -0.15) is 4.98 Å². The average molecular weight is 283 g/mol. The zero-order valence-electron chi connectivity index (χ0n) is 9.98. The van der Waals surface area contributed by atoms with Gasteiger partial charge in [-0.3, -0.25) is 0 Å². The number of nitrogen functional groups attached to an aromatic ring is 1. The quantitative estimate of drug-likeness (QED) is 0.920. The molecule has 0 amide bonds. The smallest absolute Gasteiger partial charge is 0.226 e. The Morgan fingerprint density at radius 2 is 1.89 bits per heavy atom. The van der Waals surface area contributed by atoms with Crippen molar-refractivity contribution < 1.29 is 0 Å². The minimum absolute atomic E-state index is 0.387. The summed E-state index contributed by atoms with van der Waals surface area (Å²) in [6.07, 6.45) is 1.66. The lowest BCUT2D eigenvalue weighted by Gasteiger charge is -2.12. The van der Waals surface area contributed by atoms with Crippen LogP contribution in [-0.2, 0) is 0 Å². The molecular weight excluding hydrogens is 271 g/mol. The van der Waals surface area contributed by atoms with Gasteiger partial charge < -0.3 is 10.6 Å². The van der Waals surface area contributed by atoms with Crippen LogP contribution >= 0.6 is 23.2 Å². The van der Waals surface area contributed by atoms with Crippen LogP contribution in [0.4, 0.5) is 11.8 Å². The van der Waals surface area contributed by atoms with Gasteiger partial charge in [0.1, 0.15) is 5.82 Å². The number of halogens is 2. The fourth-order valence-electron chi connectivity index (χ4n) is 1.52. The van der Waals surface area contributed by atoms with Crippen LogP contribution in [0.2, 0.25) is 10.0 Å². The van der Waals surface area contributed by atoms with E-state index in [2.05, 4.69) is 9.97 Å². The van der Waals surface area contributed by atoms with Gasteiger partial charge in [0.05, 0.1) is 5.02 Å². The maximum absolute atomic E-state index is 6.13. The third-order valence-electron chi connectivity index (χ3n) is 2.43. The lowest BCUT2D eigenvalue weighted by Crippen LogP contribution is -2.13. The van der Waals surface area contributed by atoms with E-state index in [0.29, 0.717) is 27.4 Å². The predicted molar refractivity (Wildman–Crippen MR) is 76.2 cm³/mol. The topological polar surface area (TPSA) is 55.0 Å². The Bertz CT molecular complexity index is 584. The van der Waals surface area contributed by atoms with Crippen LogP contribution in [0.15, 0.2) is 24.4 Å². The highest BCUT2D eigenvalue weighted by Gasteiger charge is 2.11. The molecule has 0 bridgehead atoms. The molecule has 0 saturated carbocycles. The van der Waals surface area contributed by atoms with Crippen molar-refractivity contribution >= 4 is 35.0 Å². The van der Waals surface area contributed by atoms with Crippen LogP contribution in [0.5, 0.6) is 0 Å². The van der Waals surface area contributed by atoms with Crippen molar-refractivity contribution in [3.8, 4) is 11.1 Å². The number of nitrogens with two attached hydrogens (primary N) is 1. The average Bonchev–Trinajstić information content (AvgIpc) is 2.30. The van der Waals surface area contributed by atoms with E-state index in [-0.39, 0.29) is 0 Å². The van der Waals surface area contributed by atoms with E-state index < -0.39 is 0 Å². The monoisotopic (exact) mass is 282 g/mol. The second-order valence-corrected chi connectivity index (χ2v) is 4.83. The number of nitrogens with zero attached hydrogens (tertiary/aromatic N) is 3. The lowest BCUT2D eigenvalue weighted by molar-refractivity contribution is 1.00. The number of benzene rings is 1. The molecule has 0 spiro atoms. The van der Waals surface area contributed by atoms with E-state index >= 15 is 0 Å². The Morgan fingerprint density at radius 1 is 1.17 bits per heavy atom. The molecule has 1 aromatic heterocycles. The van der Waals surface area contributed by atoms with Crippen LogP contribution in [0.3, 0.4) is 0 Å². The summed E-state index contributed by atoms with van der Waals surface area (Å²) in [5.74, 6) is 0.944. The molecular formula is C12H12Cl2N4. The molecule has 1 aromatic carbocycles.